The first-order valence-corrected chi connectivity index (χ1v) is 15.3. The molecule has 42 heavy (non-hydrogen) atoms. The molecule has 1 N–H and O–H groups in total. The second kappa shape index (κ2) is 10.3. The van der Waals surface area contributed by atoms with Gasteiger partial charge in [0, 0.05) is 29.3 Å². The first kappa shape index (κ1) is 27.8. The fourth-order valence-electron chi connectivity index (χ4n) is 7.70. The van der Waals surface area contributed by atoms with Crippen LogP contribution in [0.1, 0.15) is 68.8 Å². The Balaban J connectivity index is 1.06. The van der Waals surface area contributed by atoms with E-state index >= 15 is 0 Å². The lowest BCUT2D eigenvalue weighted by Crippen LogP contribution is -2.70. The lowest BCUT2D eigenvalue weighted by molar-refractivity contribution is -0.575. The number of anilines is 1. The highest BCUT2D eigenvalue weighted by molar-refractivity contribution is 5.94. The van der Waals surface area contributed by atoms with E-state index in [1.807, 2.05) is 50.4 Å². The van der Waals surface area contributed by atoms with Crippen LogP contribution in [0.4, 0.5) is 5.69 Å². The fraction of sp³-hybridized carbons (Fsp3) is 0.529. The molecule has 5 aliphatic rings. The van der Waals surface area contributed by atoms with Gasteiger partial charge in [-0.1, -0.05) is 26.0 Å². The molecule has 1 aliphatic carbocycles. The van der Waals surface area contributed by atoms with Gasteiger partial charge in [0.05, 0.1) is 17.4 Å². The highest BCUT2D eigenvalue weighted by atomic mass is 17.3. The maximum absolute atomic E-state index is 6.57. The molecule has 8 rings (SSSR count). The summed E-state index contributed by atoms with van der Waals surface area (Å²) in [7, 11) is 0. The molecule has 8 heteroatoms. The predicted molar refractivity (Wildman–Crippen MR) is 161 cm³/mol. The minimum absolute atomic E-state index is 0.113. The number of aryl methyl sites for hydroxylation is 3. The molecular formula is C34H41N3O5. The molecule has 5 heterocycles. The van der Waals surface area contributed by atoms with Gasteiger partial charge in [-0.15, -0.1) is 0 Å². The van der Waals surface area contributed by atoms with Crippen molar-refractivity contribution in [2.24, 2.45) is 28.8 Å². The van der Waals surface area contributed by atoms with Crippen molar-refractivity contribution < 1.29 is 24.0 Å². The quantitative estimate of drug-likeness (QED) is 0.197. The van der Waals surface area contributed by atoms with Gasteiger partial charge in [0.2, 0.25) is 12.1 Å². The molecule has 0 unspecified atom stereocenters. The van der Waals surface area contributed by atoms with Crippen LogP contribution in [0.2, 0.25) is 0 Å². The van der Waals surface area contributed by atoms with Crippen LogP contribution < -0.4 is 10.2 Å². The van der Waals surface area contributed by atoms with Gasteiger partial charge in [0.15, 0.2) is 11.9 Å². The fourth-order valence-corrected chi connectivity index (χ4v) is 7.70. The second-order valence-corrected chi connectivity index (χ2v) is 13.0. The van der Waals surface area contributed by atoms with Gasteiger partial charge in [-0.25, -0.2) is 9.78 Å². The van der Waals surface area contributed by atoms with E-state index in [2.05, 4.69) is 50.4 Å². The minimum Gasteiger partial charge on any atom is -0.465 e. The molecule has 3 aromatic rings. The zero-order valence-electron chi connectivity index (χ0n) is 25.3. The van der Waals surface area contributed by atoms with Crippen LogP contribution in [0.3, 0.4) is 0 Å². The second-order valence-electron chi connectivity index (χ2n) is 13.0. The normalized spacial score (nSPS) is 35.7. The Kier molecular flexibility index (Phi) is 6.81. The lowest BCUT2D eigenvalue weighted by Gasteiger charge is -2.60. The minimum atomic E-state index is -0.795. The first-order chi connectivity index (χ1) is 20.2. The summed E-state index contributed by atoms with van der Waals surface area (Å²) in [6.45, 7) is 12.7. The van der Waals surface area contributed by atoms with Crippen LogP contribution in [-0.4, -0.2) is 35.2 Å². The van der Waals surface area contributed by atoms with Crippen LogP contribution in [0.15, 0.2) is 47.6 Å². The molecular weight excluding hydrogens is 530 g/mol. The van der Waals surface area contributed by atoms with Crippen molar-refractivity contribution in [3.8, 4) is 5.75 Å². The molecule has 8 atom stereocenters. The Morgan fingerprint density at radius 3 is 2.62 bits per heavy atom. The SMILES string of the molecule is Cc1cc(N/N=C/c2ccc(O[C@H]3O[C@@H]4O[C@@]5(C)CC[C@H]6[C@H](C)CC[C@@H]([C@H]3C)[C@@]46OO5)cc2)c2ccc(C)c(C)c2n1. The van der Waals surface area contributed by atoms with Crippen LogP contribution in [0.5, 0.6) is 5.75 Å². The van der Waals surface area contributed by atoms with Gasteiger partial charge in [0.1, 0.15) is 5.75 Å². The van der Waals surface area contributed by atoms with Gasteiger partial charge >= 0.3 is 0 Å². The van der Waals surface area contributed by atoms with Crippen molar-refractivity contribution in [1.29, 1.82) is 0 Å². The van der Waals surface area contributed by atoms with Crippen molar-refractivity contribution in [3.05, 3.63) is 64.8 Å². The average molecular weight is 572 g/mol. The summed E-state index contributed by atoms with van der Waals surface area (Å²) < 4.78 is 19.5. The van der Waals surface area contributed by atoms with Crippen LogP contribution in [-0.2, 0) is 19.2 Å². The third kappa shape index (κ3) is 4.51. The summed E-state index contributed by atoms with van der Waals surface area (Å²) in [5.41, 5.74) is 8.92. The molecule has 2 aromatic carbocycles. The molecule has 0 amide bonds. The number of hydrogen-bond donors (Lipinski definition) is 1. The molecule has 1 aromatic heterocycles. The number of aromatic nitrogens is 1. The number of nitrogens with zero attached hydrogens (tertiary/aromatic N) is 2. The summed E-state index contributed by atoms with van der Waals surface area (Å²) in [6.07, 6.45) is 4.86. The van der Waals surface area contributed by atoms with Crippen LogP contribution in [0.25, 0.3) is 10.9 Å². The summed E-state index contributed by atoms with van der Waals surface area (Å²) in [5, 5.41) is 5.58. The number of hydrogen-bond acceptors (Lipinski definition) is 8. The summed E-state index contributed by atoms with van der Waals surface area (Å²) >= 11 is 0. The number of ether oxygens (including phenoxy) is 3. The monoisotopic (exact) mass is 571 g/mol. The predicted octanol–water partition coefficient (Wildman–Crippen LogP) is 7.19. The van der Waals surface area contributed by atoms with E-state index in [0.29, 0.717) is 11.8 Å². The molecule has 2 bridgehead atoms. The molecule has 4 aliphatic heterocycles. The highest BCUT2D eigenvalue weighted by Gasteiger charge is 2.69. The van der Waals surface area contributed by atoms with Crippen molar-refractivity contribution in [2.45, 2.75) is 91.2 Å². The molecule has 8 nitrogen and oxygen atoms in total. The summed E-state index contributed by atoms with van der Waals surface area (Å²) in [6, 6.07) is 14.2. The van der Waals surface area contributed by atoms with Crippen molar-refractivity contribution >= 4 is 22.8 Å². The number of fused-ring (bicyclic) bond motifs is 3. The lowest BCUT2D eigenvalue weighted by atomic mass is 9.58. The highest BCUT2D eigenvalue weighted by Crippen LogP contribution is 2.60. The van der Waals surface area contributed by atoms with Gasteiger partial charge in [-0.05, 0) is 106 Å². The maximum Gasteiger partial charge on any atom is 0.205 e. The van der Waals surface area contributed by atoms with E-state index in [0.717, 1.165) is 59.3 Å². The Labute approximate surface area is 247 Å². The Hall–Kier alpha value is -3.04. The summed E-state index contributed by atoms with van der Waals surface area (Å²) in [5.74, 6) is 1.16. The third-order valence-electron chi connectivity index (χ3n) is 10.3. The van der Waals surface area contributed by atoms with Crippen LogP contribution >= 0.6 is 0 Å². The number of pyridine rings is 1. The maximum atomic E-state index is 6.57. The van der Waals surface area contributed by atoms with Crippen LogP contribution in [0, 0.1) is 44.4 Å². The topological polar surface area (TPSA) is 83.4 Å². The molecule has 222 valence electrons. The Bertz CT molecular complexity index is 1530. The summed E-state index contributed by atoms with van der Waals surface area (Å²) in [4.78, 5) is 16.9. The van der Waals surface area contributed by atoms with Crippen molar-refractivity contribution in [3.63, 3.8) is 0 Å². The van der Waals surface area contributed by atoms with Crippen molar-refractivity contribution in [2.75, 3.05) is 5.43 Å². The first-order valence-electron chi connectivity index (χ1n) is 15.3. The van der Waals surface area contributed by atoms with E-state index in [9.17, 15) is 0 Å². The standard InChI is InChI=1S/C34H41N3O5/c1-19-7-13-26-29(17-21(3)36-30(26)22(19)4)37-35-18-24-9-11-25(12-10-24)38-31-23(5)28-14-8-20(2)27-15-16-33(6)40-32(39-31)34(27,28)42-41-33/h7,9-13,17-18,20,23,27-28,31-32H,8,14-16H2,1-6H3,(H,36,37)/b35-18+/t20-,23-,27+,28+,31+,32-,33-,34-/m1/s1. The Morgan fingerprint density at radius 1 is 1.00 bits per heavy atom. The molecule has 1 saturated carbocycles. The molecule has 1 spiro atoms. The van der Waals surface area contributed by atoms with E-state index in [4.69, 9.17) is 29.0 Å². The van der Waals surface area contributed by atoms with E-state index in [1.54, 1.807) is 0 Å². The van der Waals surface area contributed by atoms with E-state index in [-0.39, 0.29) is 11.8 Å². The smallest absolute Gasteiger partial charge is 0.205 e. The zero-order valence-corrected chi connectivity index (χ0v) is 25.3. The van der Waals surface area contributed by atoms with Gasteiger partial charge < -0.3 is 14.2 Å². The average Bonchev–Trinajstić information content (AvgIpc) is 3.20. The number of nitrogens with one attached hydrogen (secondary N) is 1. The number of benzene rings is 2. The van der Waals surface area contributed by atoms with Gasteiger partial charge in [0.25, 0.3) is 0 Å². The third-order valence-corrected chi connectivity index (χ3v) is 10.3. The number of hydrazone groups is 1. The largest absolute Gasteiger partial charge is 0.465 e. The molecule has 4 saturated heterocycles. The Morgan fingerprint density at radius 2 is 1.81 bits per heavy atom. The zero-order chi connectivity index (χ0) is 29.2. The molecule has 0 radical (unpaired) electrons. The number of rotatable bonds is 5. The van der Waals surface area contributed by atoms with Gasteiger partial charge in [-0.2, -0.15) is 5.10 Å². The van der Waals surface area contributed by atoms with Crippen molar-refractivity contribution in [1.82, 2.24) is 4.98 Å². The molecule has 5 fully saturated rings. The van der Waals surface area contributed by atoms with E-state index in [1.165, 1.54) is 11.1 Å². The van der Waals surface area contributed by atoms with E-state index < -0.39 is 24.0 Å². The van der Waals surface area contributed by atoms with Gasteiger partial charge in [-0.3, -0.25) is 10.4 Å².